The van der Waals surface area contributed by atoms with Crippen LogP contribution in [0.25, 0.3) is 0 Å². The summed E-state index contributed by atoms with van der Waals surface area (Å²) in [4.78, 5) is 0. The second-order valence-corrected chi connectivity index (χ2v) is 4.42. The van der Waals surface area contributed by atoms with Gasteiger partial charge in [-0.05, 0) is 43.7 Å². The number of anilines is 1. The van der Waals surface area contributed by atoms with E-state index in [1.54, 1.807) is 0 Å². The molecule has 13 heavy (non-hydrogen) atoms. The van der Waals surface area contributed by atoms with Crippen molar-refractivity contribution in [2.45, 2.75) is 37.6 Å². The summed E-state index contributed by atoms with van der Waals surface area (Å²) in [5.41, 5.74) is 3.40. The SMILES string of the molecule is c1ccc2c(c1)CCCC1(CC1)N2. The summed E-state index contributed by atoms with van der Waals surface area (Å²) in [6.45, 7) is 0. The Labute approximate surface area is 79.2 Å². The van der Waals surface area contributed by atoms with Crippen LogP contribution in [-0.2, 0) is 6.42 Å². The van der Waals surface area contributed by atoms with Gasteiger partial charge in [0.1, 0.15) is 0 Å². The normalized spacial score (nSPS) is 23.1. The van der Waals surface area contributed by atoms with Gasteiger partial charge in [-0.15, -0.1) is 0 Å². The van der Waals surface area contributed by atoms with Gasteiger partial charge in [0.25, 0.3) is 0 Å². The fraction of sp³-hybridized carbons (Fsp3) is 0.500. The molecule has 1 aliphatic heterocycles. The number of fused-ring (bicyclic) bond motifs is 1. The minimum atomic E-state index is 0.507. The van der Waals surface area contributed by atoms with Gasteiger partial charge < -0.3 is 5.32 Å². The lowest BCUT2D eigenvalue weighted by atomic mass is 10.1. The molecule has 0 unspecified atom stereocenters. The number of benzene rings is 1. The molecule has 1 aromatic rings. The topological polar surface area (TPSA) is 12.0 Å². The highest BCUT2D eigenvalue weighted by Gasteiger charge is 2.43. The van der Waals surface area contributed by atoms with E-state index in [9.17, 15) is 0 Å². The van der Waals surface area contributed by atoms with E-state index in [2.05, 4.69) is 29.6 Å². The van der Waals surface area contributed by atoms with Crippen molar-refractivity contribution in [3.8, 4) is 0 Å². The maximum Gasteiger partial charge on any atom is 0.0376 e. The molecule has 1 heterocycles. The van der Waals surface area contributed by atoms with Crippen molar-refractivity contribution >= 4 is 5.69 Å². The Morgan fingerprint density at radius 1 is 1.08 bits per heavy atom. The standard InChI is InChI=1S/C12H15N/c1-2-6-11-10(4-1)5-3-7-12(13-11)8-9-12/h1-2,4,6,13H,3,5,7-9H2. The molecule has 1 heteroatoms. The zero-order valence-corrected chi connectivity index (χ0v) is 7.84. The predicted octanol–water partition coefficient (Wildman–Crippen LogP) is 2.97. The van der Waals surface area contributed by atoms with Crippen LogP contribution in [0.1, 0.15) is 31.2 Å². The Balaban J connectivity index is 1.99. The summed E-state index contributed by atoms with van der Waals surface area (Å²) in [7, 11) is 0. The lowest BCUT2D eigenvalue weighted by Gasteiger charge is -2.15. The molecular weight excluding hydrogens is 158 g/mol. The fourth-order valence-electron chi connectivity index (χ4n) is 2.35. The molecule has 1 nitrogen and oxygen atoms in total. The molecule has 1 aromatic carbocycles. The molecule has 0 aromatic heterocycles. The number of para-hydroxylation sites is 1. The lowest BCUT2D eigenvalue weighted by molar-refractivity contribution is 0.628. The third-order valence-corrected chi connectivity index (χ3v) is 3.37. The lowest BCUT2D eigenvalue weighted by Crippen LogP contribution is -2.19. The van der Waals surface area contributed by atoms with E-state index < -0.39 is 0 Å². The molecule has 0 atom stereocenters. The second kappa shape index (κ2) is 2.50. The van der Waals surface area contributed by atoms with Crippen LogP contribution in [0.3, 0.4) is 0 Å². The molecule has 0 saturated heterocycles. The molecular formula is C12H15N. The van der Waals surface area contributed by atoms with Crippen LogP contribution < -0.4 is 5.32 Å². The average molecular weight is 173 g/mol. The van der Waals surface area contributed by atoms with E-state index in [-0.39, 0.29) is 0 Å². The molecule has 1 saturated carbocycles. The van der Waals surface area contributed by atoms with Crippen molar-refractivity contribution in [2.24, 2.45) is 0 Å². The van der Waals surface area contributed by atoms with Crippen LogP contribution in [0.15, 0.2) is 24.3 Å². The fourth-order valence-corrected chi connectivity index (χ4v) is 2.35. The van der Waals surface area contributed by atoms with Gasteiger partial charge in [0.2, 0.25) is 0 Å². The first-order valence-corrected chi connectivity index (χ1v) is 5.24. The van der Waals surface area contributed by atoms with Gasteiger partial charge in [-0.3, -0.25) is 0 Å². The number of hydrogen-bond donors (Lipinski definition) is 1. The summed E-state index contributed by atoms with van der Waals surface area (Å²) >= 11 is 0. The van der Waals surface area contributed by atoms with Gasteiger partial charge in [0, 0.05) is 11.2 Å². The van der Waals surface area contributed by atoms with E-state index in [1.807, 2.05) is 0 Å². The zero-order valence-electron chi connectivity index (χ0n) is 7.84. The number of rotatable bonds is 0. The van der Waals surface area contributed by atoms with E-state index in [4.69, 9.17) is 0 Å². The number of nitrogens with one attached hydrogen (secondary N) is 1. The highest BCUT2D eigenvalue weighted by atomic mass is 15.0. The van der Waals surface area contributed by atoms with Gasteiger partial charge in [-0.1, -0.05) is 18.2 Å². The third kappa shape index (κ3) is 1.23. The Morgan fingerprint density at radius 3 is 2.77 bits per heavy atom. The third-order valence-electron chi connectivity index (χ3n) is 3.37. The number of hydrogen-bond acceptors (Lipinski definition) is 1. The Bertz CT molecular complexity index is 326. The van der Waals surface area contributed by atoms with Crippen LogP contribution in [-0.4, -0.2) is 5.54 Å². The summed E-state index contributed by atoms with van der Waals surface area (Å²) in [6.07, 6.45) is 6.72. The van der Waals surface area contributed by atoms with E-state index in [0.717, 1.165) is 0 Å². The van der Waals surface area contributed by atoms with Gasteiger partial charge in [-0.25, -0.2) is 0 Å². The minimum Gasteiger partial charge on any atom is -0.379 e. The Hall–Kier alpha value is -0.980. The average Bonchev–Trinajstić information content (AvgIpc) is 2.92. The van der Waals surface area contributed by atoms with Crippen molar-refractivity contribution in [2.75, 3.05) is 5.32 Å². The van der Waals surface area contributed by atoms with Gasteiger partial charge >= 0.3 is 0 Å². The van der Waals surface area contributed by atoms with Crippen LogP contribution in [0.2, 0.25) is 0 Å². The van der Waals surface area contributed by atoms with Crippen LogP contribution in [0, 0.1) is 0 Å². The largest absolute Gasteiger partial charge is 0.379 e. The molecule has 1 fully saturated rings. The van der Waals surface area contributed by atoms with Crippen LogP contribution >= 0.6 is 0 Å². The van der Waals surface area contributed by atoms with Crippen molar-refractivity contribution < 1.29 is 0 Å². The summed E-state index contributed by atoms with van der Waals surface area (Å²) < 4.78 is 0. The summed E-state index contributed by atoms with van der Waals surface area (Å²) in [5, 5.41) is 3.71. The van der Waals surface area contributed by atoms with E-state index in [0.29, 0.717) is 5.54 Å². The van der Waals surface area contributed by atoms with E-state index >= 15 is 0 Å². The van der Waals surface area contributed by atoms with Gasteiger partial charge in [0.05, 0.1) is 0 Å². The molecule has 3 rings (SSSR count). The molecule has 1 N–H and O–H groups in total. The van der Waals surface area contributed by atoms with Crippen molar-refractivity contribution in [3.05, 3.63) is 29.8 Å². The van der Waals surface area contributed by atoms with Crippen LogP contribution in [0.5, 0.6) is 0 Å². The molecule has 1 aliphatic carbocycles. The highest BCUT2D eigenvalue weighted by molar-refractivity contribution is 5.55. The predicted molar refractivity (Wildman–Crippen MR) is 55.0 cm³/mol. The van der Waals surface area contributed by atoms with Crippen molar-refractivity contribution in [1.29, 1.82) is 0 Å². The molecule has 0 bridgehead atoms. The van der Waals surface area contributed by atoms with Crippen LogP contribution in [0.4, 0.5) is 5.69 Å². The van der Waals surface area contributed by atoms with Gasteiger partial charge in [0.15, 0.2) is 0 Å². The minimum absolute atomic E-state index is 0.507. The maximum absolute atomic E-state index is 3.71. The first kappa shape index (κ1) is 7.43. The Kier molecular flexibility index (Phi) is 1.43. The quantitative estimate of drug-likeness (QED) is 0.636. The number of aryl methyl sites for hydroxylation is 1. The molecule has 68 valence electrons. The summed E-state index contributed by atoms with van der Waals surface area (Å²) in [5.74, 6) is 0. The zero-order chi connectivity index (χ0) is 8.73. The second-order valence-electron chi connectivity index (χ2n) is 4.42. The first-order valence-electron chi connectivity index (χ1n) is 5.24. The smallest absolute Gasteiger partial charge is 0.0376 e. The first-order chi connectivity index (χ1) is 6.38. The highest BCUT2D eigenvalue weighted by Crippen LogP contribution is 2.45. The molecule has 0 amide bonds. The Morgan fingerprint density at radius 2 is 1.92 bits per heavy atom. The van der Waals surface area contributed by atoms with Crippen molar-refractivity contribution in [1.82, 2.24) is 0 Å². The monoisotopic (exact) mass is 173 g/mol. The van der Waals surface area contributed by atoms with E-state index in [1.165, 1.54) is 43.4 Å². The summed E-state index contributed by atoms with van der Waals surface area (Å²) in [6, 6.07) is 8.75. The van der Waals surface area contributed by atoms with Crippen molar-refractivity contribution in [3.63, 3.8) is 0 Å². The molecule has 1 spiro atoms. The molecule has 2 aliphatic rings. The molecule has 0 radical (unpaired) electrons. The van der Waals surface area contributed by atoms with Gasteiger partial charge in [-0.2, -0.15) is 0 Å². The maximum atomic E-state index is 3.71.